The summed E-state index contributed by atoms with van der Waals surface area (Å²) in [6.45, 7) is 4.39. The first kappa shape index (κ1) is 12.4. The van der Waals surface area contributed by atoms with Crippen LogP contribution in [0.5, 0.6) is 0 Å². The standard InChI is InChI=1S/C13H15ClN2S/c1-8(2)5-13-16-7-12(17-13)9-3-4-11(15)10(14)6-9/h3-4,6-8H,5,15H2,1-2H3. The number of thiazole rings is 1. The second-order valence-corrected chi connectivity index (χ2v) is 5.97. The van der Waals surface area contributed by atoms with Gasteiger partial charge in [-0.2, -0.15) is 0 Å². The number of benzene rings is 1. The number of anilines is 1. The van der Waals surface area contributed by atoms with Crippen molar-refractivity contribution in [1.82, 2.24) is 4.98 Å². The predicted octanol–water partition coefficient (Wildman–Crippen LogP) is 4.24. The molecule has 0 unspecified atom stereocenters. The van der Waals surface area contributed by atoms with Gasteiger partial charge in [0.15, 0.2) is 0 Å². The number of nitrogen functional groups attached to an aromatic ring is 1. The molecule has 0 aliphatic heterocycles. The van der Waals surface area contributed by atoms with Crippen molar-refractivity contribution in [2.45, 2.75) is 20.3 Å². The van der Waals surface area contributed by atoms with Crippen LogP contribution in [0.2, 0.25) is 5.02 Å². The molecule has 17 heavy (non-hydrogen) atoms. The summed E-state index contributed by atoms with van der Waals surface area (Å²) in [6.07, 6.45) is 2.93. The molecule has 0 aliphatic rings. The van der Waals surface area contributed by atoms with E-state index in [1.165, 1.54) is 5.01 Å². The lowest BCUT2D eigenvalue weighted by atomic mass is 10.1. The summed E-state index contributed by atoms with van der Waals surface area (Å²) in [5.41, 5.74) is 7.39. The van der Waals surface area contributed by atoms with Gasteiger partial charge >= 0.3 is 0 Å². The van der Waals surface area contributed by atoms with E-state index in [-0.39, 0.29) is 0 Å². The molecule has 0 bridgehead atoms. The molecule has 0 saturated carbocycles. The molecule has 0 spiro atoms. The highest BCUT2D eigenvalue weighted by Gasteiger charge is 2.07. The van der Waals surface area contributed by atoms with E-state index in [2.05, 4.69) is 18.8 Å². The van der Waals surface area contributed by atoms with Gasteiger partial charge < -0.3 is 5.73 Å². The van der Waals surface area contributed by atoms with Gasteiger partial charge in [-0.1, -0.05) is 31.5 Å². The summed E-state index contributed by atoms with van der Waals surface area (Å²) >= 11 is 7.73. The molecule has 2 aromatic rings. The zero-order valence-electron chi connectivity index (χ0n) is 9.90. The van der Waals surface area contributed by atoms with Crippen molar-refractivity contribution in [3.05, 3.63) is 34.4 Å². The van der Waals surface area contributed by atoms with Gasteiger partial charge in [0.05, 0.1) is 20.6 Å². The maximum Gasteiger partial charge on any atom is 0.0933 e. The van der Waals surface area contributed by atoms with Gasteiger partial charge in [0, 0.05) is 12.6 Å². The van der Waals surface area contributed by atoms with E-state index in [9.17, 15) is 0 Å². The Morgan fingerprint density at radius 1 is 1.41 bits per heavy atom. The molecule has 0 aliphatic carbocycles. The van der Waals surface area contributed by atoms with Crippen LogP contribution in [0, 0.1) is 5.92 Å². The molecule has 2 rings (SSSR count). The minimum absolute atomic E-state index is 0.598. The summed E-state index contributed by atoms with van der Waals surface area (Å²) < 4.78 is 0. The van der Waals surface area contributed by atoms with Crippen LogP contribution in [-0.2, 0) is 6.42 Å². The fourth-order valence-corrected chi connectivity index (χ4v) is 2.87. The lowest BCUT2D eigenvalue weighted by molar-refractivity contribution is 0.644. The first-order valence-corrected chi connectivity index (χ1v) is 6.76. The highest BCUT2D eigenvalue weighted by Crippen LogP contribution is 2.31. The van der Waals surface area contributed by atoms with E-state index >= 15 is 0 Å². The molecule has 2 N–H and O–H groups in total. The van der Waals surface area contributed by atoms with Crippen molar-refractivity contribution in [3.63, 3.8) is 0 Å². The summed E-state index contributed by atoms with van der Waals surface area (Å²) in [5, 5.41) is 1.77. The van der Waals surface area contributed by atoms with E-state index in [0.29, 0.717) is 16.6 Å². The Labute approximate surface area is 110 Å². The van der Waals surface area contributed by atoms with Crippen molar-refractivity contribution in [1.29, 1.82) is 0 Å². The van der Waals surface area contributed by atoms with Crippen molar-refractivity contribution in [2.24, 2.45) is 5.92 Å². The number of halogens is 1. The van der Waals surface area contributed by atoms with Gasteiger partial charge in [0.1, 0.15) is 0 Å². The topological polar surface area (TPSA) is 38.9 Å². The van der Waals surface area contributed by atoms with E-state index in [1.807, 2.05) is 24.4 Å². The highest BCUT2D eigenvalue weighted by atomic mass is 35.5. The Morgan fingerprint density at radius 3 is 2.82 bits per heavy atom. The maximum atomic E-state index is 6.01. The van der Waals surface area contributed by atoms with Crippen LogP contribution in [0.3, 0.4) is 0 Å². The summed E-state index contributed by atoms with van der Waals surface area (Å²) in [4.78, 5) is 5.57. The smallest absolute Gasteiger partial charge is 0.0933 e. The van der Waals surface area contributed by atoms with E-state index < -0.39 is 0 Å². The van der Waals surface area contributed by atoms with Gasteiger partial charge in [0.25, 0.3) is 0 Å². The van der Waals surface area contributed by atoms with E-state index in [4.69, 9.17) is 17.3 Å². The van der Waals surface area contributed by atoms with Gasteiger partial charge in [-0.15, -0.1) is 11.3 Å². The molecule has 1 aromatic heterocycles. The van der Waals surface area contributed by atoms with Crippen molar-refractivity contribution < 1.29 is 0 Å². The van der Waals surface area contributed by atoms with Crippen LogP contribution < -0.4 is 5.73 Å². The lowest BCUT2D eigenvalue weighted by Gasteiger charge is -2.01. The molecular weight excluding hydrogens is 252 g/mol. The van der Waals surface area contributed by atoms with Crippen molar-refractivity contribution >= 4 is 28.6 Å². The average molecular weight is 267 g/mol. The minimum Gasteiger partial charge on any atom is -0.398 e. The minimum atomic E-state index is 0.598. The fourth-order valence-electron chi connectivity index (χ4n) is 1.57. The third kappa shape index (κ3) is 2.99. The van der Waals surface area contributed by atoms with Gasteiger partial charge in [0.2, 0.25) is 0 Å². The molecule has 0 atom stereocenters. The predicted molar refractivity (Wildman–Crippen MR) is 75.5 cm³/mol. The number of hydrogen-bond donors (Lipinski definition) is 1. The molecule has 4 heteroatoms. The highest BCUT2D eigenvalue weighted by molar-refractivity contribution is 7.15. The quantitative estimate of drug-likeness (QED) is 0.844. The zero-order chi connectivity index (χ0) is 12.4. The Bertz CT molecular complexity index is 520. The fraction of sp³-hybridized carbons (Fsp3) is 0.308. The third-order valence-corrected chi connectivity index (χ3v) is 3.82. The number of aromatic nitrogens is 1. The van der Waals surface area contributed by atoms with Crippen LogP contribution in [0.25, 0.3) is 10.4 Å². The van der Waals surface area contributed by atoms with Crippen LogP contribution in [0.15, 0.2) is 24.4 Å². The summed E-state index contributed by atoms with van der Waals surface area (Å²) in [5.74, 6) is 0.629. The van der Waals surface area contributed by atoms with Crippen LogP contribution >= 0.6 is 22.9 Å². The lowest BCUT2D eigenvalue weighted by Crippen LogP contribution is -1.91. The molecular formula is C13H15ClN2S. The average Bonchev–Trinajstić information content (AvgIpc) is 2.69. The van der Waals surface area contributed by atoms with Gasteiger partial charge in [-0.3, -0.25) is 0 Å². The summed E-state index contributed by atoms with van der Waals surface area (Å²) in [7, 11) is 0. The normalized spacial score (nSPS) is 11.1. The number of nitrogens with two attached hydrogens (primary N) is 1. The second-order valence-electron chi connectivity index (χ2n) is 4.45. The molecule has 1 heterocycles. The number of hydrogen-bond acceptors (Lipinski definition) is 3. The molecule has 90 valence electrons. The zero-order valence-corrected chi connectivity index (χ0v) is 11.5. The van der Waals surface area contributed by atoms with Crippen LogP contribution in [0.4, 0.5) is 5.69 Å². The Hall–Kier alpha value is -1.06. The SMILES string of the molecule is CC(C)Cc1ncc(-c2ccc(N)c(Cl)c2)s1. The monoisotopic (exact) mass is 266 g/mol. The Morgan fingerprint density at radius 2 is 2.18 bits per heavy atom. The first-order valence-electron chi connectivity index (χ1n) is 5.56. The van der Waals surface area contributed by atoms with Crippen LogP contribution in [-0.4, -0.2) is 4.98 Å². The number of nitrogens with zero attached hydrogens (tertiary/aromatic N) is 1. The van der Waals surface area contributed by atoms with Gasteiger partial charge in [-0.25, -0.2) is 4.98 Å². The largest absolute Gasteiger partial charge is 0.398 e. The van der Waals surface area contributed by atoms with Gasteiger partial charge in [-0.05, 0) is 23.6 Å². The summed E-state index contributed by atoms with van der Waals surface area (Å²) in [6, 6.07) is 5.71. The number of rotatable bonds is 3. The molecule has 2 nitrogen and oxygen atoms in total. The van der Waals surface area contributed by atoms with Crippen molar-refractivity contribution in [2.75, 3.05) is 5.73 Å². The Balaban J connectivity index is 2.27. The molecule has 1 aromatic carbocycles. The molecule has 0 saturated heterocycles. The second kappa shape index (κ2) is 5.07. The molecule has 0 radical (unpaired) electrons. The van der Waals surface area contributed by atoms with Crippen molar-refractivity contribution in [3.8, 4) is 10.4 Å². The first-order chi connectivity index (χ1) is 8.06. The molecule has 0 fully saturated rings. The molecule has 0 amide bonds. The van der Waals surface area contributed by atoms with Crippen LogP contribution in [0.1, 0.15) is 18.9 Å². The maximum absolute atomic E-state index is 6.01. The third-order valence-electron chi connectivity index (χ3n) is 2.42. The van der Waals surface area contributed by atoms with E-state index in [0.717, 1.165) is 16.9 Å². The van der Waals surface area contributed by atoms with E-state index in [1.54, 1.807) is 11.3 Å². The Kier molecular flexibility index (Phi) is 3.69.